The van der Waals surface area contributed by atoms with E-state index in [9.17, 15) is 18.0 Å². The third-order valence-electron chi connectivity index (χ3n) is 5.88. The Morgan fingerprint density at radius 3 is 2.41 bits per heavy atom. The van der Waals surface area contributed by atoms with Crippen LogP contribution in [0.5, 0.6) is 0 Å². The van der Waals surface area contributed by atoms with Crippen molar-refractivity contribution >= 4 is 21.9 Å². The van der Waals surface area contributed by atoms with Crippen molar-refractivity contribution in [3.63, 3.8) is 0 Å². The third kappa shape index (κ3) is 4.50. The predicted molar refractivity (Wildman–Crippen MR) is 104 cm³/mol. The van der Waals surface area contributed by atoms with Crippen LogP contribution in [0.1, 0.15) is 56.0 Å². The molecule has 3 aliphatic rings. The number of carbonyl (C=O) groups is 2. The Kier molecular flexibility index (Phi) is 5.70. The zero-order valence-corrected chi connectivity index (χ0v) is 17.5. The van der Waals surface area contributed by atoms with Crippen molar-refractivity contribution in [2.45, 2.75) is 56.6 Å². The van der Waals surface area contributed by atoms with Gasteiger partial charge in [0.1, 0.15) is 0 Å². The number of sulfonamides is 1. The Morgan fingerprint density at radius 1 is 1.14 bits per heavy atom. The number of carbonyl (C=O) groups excluding carboxylic acids is 2. The molecule has 29 heavy (non-hydrogen) atoms. The Hall–Kier alpha value is -1.87. The first kappa shape index (κ1) is 20.4. The number of piperidine rings is 1. The normalized spacial score (nSPS) is 21.1. The van der Waals surface area contributed by atoms with Crippen LogP contribution in [-0.4, -0.2) is 61.8 Å². The van der Waals surface area contributed by atoms with Gasteiger partial charge in [-0.3, -0.25) is 4.79 Å². The van der Waals surface area contributed by atoms with Crippen LogP contribution in [0.3, 0.4) is 0 Å². The minimum atomic E-state index is -3.84. The molecule has 1 saturated heterocycles. The second-order valence-electron chi connectivity index (χ2n) is 8.18. The average Bonchev–Trinajstić information content (AvgIpc) is 3.64. The van der Waals surface area contributed by atoms with Crippen molar-refractivity contribution in [1.82, 2.24) is 9.21 Å². The molecular weight excluding hydrogens is 396 g/mol. The fourth-order valence-corrected chi connectivity index (χ4v) is 5.24. The van der Waals surface area contributed by atoms with Gasteiger partial charge in [-0.1, -0.05) is 0 Å². The molecule has 8 nitrogen and oxygen atoms in total. The zero-order valence-electron chi connectivity index (χ0n) is 16.7. The predicted octanol–water partition coefficient (Wildman–Crippen LogP) is 2.26. The molecule has 0 unspecified atom stereocenters. The maximum Gasteiger partial charge on any atom is 0.374 e. The van der Waals surface area contributed by atoms with Crippen molar-refractivity contribution in [1.29, 1.82) is 0 Å². The van der Waals surface area contributed by atoms with E-state index < -0.39 is 16.0 Å². The summed E-state index contributed by atoms with van der Waals surface area (Å²) in [4.78, 5) is 26.8. The molecule has 0 radical (unpaired) electrons. The first-order valence-corrected chi connectivity index (χ1v) is 11.9. The lowest BCUT2D eigenvalue weighted by Gasteiger charge is -2.33. The van der Waals surface area contributed by atoms with Crippen molar-refractivity contribution in [3.05, 3.63) is 17.9 Å². The molecule has 1 aromatic rings. The SMILES string of the molecule is CCOC(=O)c1ccc(S(=O)(=O)N2CCC(C(=O)N(CC3CC3)C3CC3)CC2)o1. The minimum absolute atomic E-state index is 0.118. The van der Waals surface area contributed by atoms with Crippen LogP contribution < -0.4 is 0 Å². The van der Waals surface area contributed by atoms with Gasteiger partial charge in [0.05, 0.1) is 6.61 Å². The van der Waals surface area contributed by atoms with Crippen LogP contribution in [0.15, 0.2) is 21.6 Å². The summed E-state index contributed by atoms with van der Waals surface area (Å²) >= 11 is 0. The minimum Gasteiger partial charge on any atom is -0.460 e. The van der Waals surface area contributed by atoms with E-state index in [0.29, 0.717) is 24.8 Å². The van der Waals surface area contributed by atoms with Crippen molar-refractivity contribution in [2.24, 2.45) is 11.8 Å². The largest absolute Gasteiger partial charge is 0.460 e. The summed E-state index contributed by atoms with van der Waals surface area (Å²) in [5.74, 6) is -0.0798. The van der Waals surface area contributed by atoms with Gasteiger partial charge in [-0.05, 0) is 63.5 Å². The first-order chi connectivity index (χ1) is 13.9. The highest BCUT2D eigenvalue weighted by Gasteiger charge is 2.41. The summed E-state index contributed by atoms with van der Waals surface area (Å²) in [6, 6.07) is 2.99. The fraction of sp³-hybridized carbons (Fsp3) is 0.700. The van der Waals surface area contributed by atoms with Gasteiger partial charge in [-0.15, -0.1) is 0 Å². The number of furan rings is 1. The lowest BCUT2D eigenvalue weighted by atomic mass is 9.96. The van der Waals surface area contributed by atoms with E-state index in [4.69, 9.17) is 9.15 Å². The quantitative estimate of drug-likeness (QED) is 0.594. The van der Waals surface area contributed by atoms with Crippen LogP contribution in [0.2, 0.25) is 0 Å². The van der Waals surface area contributed by atoms with E-state index in [-0.39, 0.29) is 42.4 Å². The maximum atomic E-state index is 13.0. The van der Waals surface area contributed by atoms with Crippen LogP contribution in [0.25, 0.3) is 0 Å². The Balaban J connectivity index is 1.37. The molecule has 2 saturated carbocycles. The van der Waals surface area contributed by atoms with Gasteiger partial charge >= 0.3 is 5.97 Å². The Bertz CT molecular complexity index is 863. The van der Waals surface area contributed by atoms with E-state index in [1.54, 1.807) is 6.92 Å². The molecule has 0 spiro atoms. The Labute approximate surface area is 171 Å². The lowest BCUT2D eigenvalue weighted by molar-refractivity contribution is -0.137. The summed E-state index contributed by atoms with van der Waals surface area (Å²) in [7, 11) is -3.84. The smallest absolute Gasteiger partial charge is 0.374 e. The number of nitrogens with zero attached hydrogens (tertiary/aromatic N) is 2. The first-order valence-electron chi connectivity index (χ1n) is 10.5. The topological polar surface area (TPSA) is 97.1 Å². The van der Waals surface area contributed by atoms with Crippen LogP contribution in [0.4, 0.5) is 0 Å². The molecule has 2 aliphatic carbocycles. The van der Waals surface area contributed by atoms with Gasteiger partial charge in [-0.2, -0.15) is 4.31 Å². The number of rotatable bonds is 8. The lowest BCUT2D eigenvalue weighted by Crippen LogP contribution is -2.45. The summed E-state index contributed by atoms with van der Waals surface area (Å²) in [6.07, 6.45) is 5.63. The molecule has 0 N–H and O–H groups in total. The fourth-order valence-electron chi connectivity index (χ4n) is 3.86. The summed E-state index contributed by atoms with van der Waals surface area (Å²) in [5.41, 5.74) is 0. The second kappa shape index (κ2) is 8.10. The molecule has 1 aliphatic heterocycles. The Morgan fingerprint density at radius 2 is 1.83 bits per heavy atom. The molecule has 3 fully saturated rings. The molecule has 0 bridgehead atoms. The highest BCUT2D eigenvalue weighted by atomic mass is 32.2. The van der Waals surface area contributed by atoms with Crippen molar-refractivity contribution < 1.29 is 27.2 Å². The second-order valence-corrected chi connectivity index (χ2v) is 10.1. The number of hydrogen-bond donors (Lipinski definition) is 0. The van der Waals surface area contributed by atoms with E-state index in [1.807, 2.05) is 0 Å². The molecule has 1 amide bonds. The number of hydrogen-bond acceptors (Lipinski definition) is 6. The van der Waals surface area contributed by atoms with E-state index in [0.717, 1.165) is 19.4 Å². The molecule has 9 heteroatoms. The molecule has 1 aromatic heterocycles. The number of amides is 1. The summed E-state index contributed by atoms with van der Waals surface area (Å²) in [5, 5.41) is -0.265. The molecule has 160 valence electrons. The van der Waals surface area contributed by atoms with Crippen LogP contribution >= 0.6 is 0 Å². The van der Waals surface area contributed by atoms with Gasteiger partial charge in [0, 0.05) is 31.6 Å². The van der Waals surface area contributed by atoms with Gasteiger partial charge < -0.3 is 14.1 Å². The van der Waals surface area contributed by atoms with E-state index in [2.05, 4.69) is 4.90 Å². The molecule has 0 aromatic carbocycles. The van der Waals surface area contributed by atoms with Gasteiger partial charge in [0.25, 0.3) is 10.0 Å². The monoisotopic (exact) mass is 424 g/mol. The zero-order chi connectivity index (χ0) is 20.6. The van der Waals surface area contributed by atoms with Crippen molar-refractivity contribution in [2.75, 3.05) is 26.2 Å². The van der Waals surface area contributed by atoms with E-state index >= 15 is 0 Å². The molecule has 4 rings (SSSR count). The van der Waals surface area contributed by atoms with Gasteiger partial charge in [-0.25, -0.2) is 13.2 Å². The molecule has 2 heterocycles. The molecular formula is C20H28N2O6S. The van der Waals surface area contributed by atoms with Crippen LogP contribution in [0, 0.1) is 11.8 Å². The van der Waals surface area contributed by atoms with Gasteiger partial charge in [0.15, 0.2) is 0 Å². The van der Waals surface area contributed by atoms with Gasteiger partial charge in [0.2, 0.25) is 16.8 Å². The number of ether oxygens (including phenoxy) is 1. The standard InChI is InChI=1S/C20H28N2O6S/c1-2-27-20(24)17-7-8-18(28-17)29(25,26)21-11-9-15(10-12-21)19(23)22(16-5-6-16)13-14-3-4-14/h7-8,14-16H,2-6,9-13H2,1H3. The van der Waals surface area contributed by atoms with Crippen LogP contribution in [-0.2, 0) is 19.6 Å². The highest BCUT2D eigenvalue weighted by molar-refractivity contribution is 7.89. The maximum absolute atomic E-state index is 13.0. The average molecular weight is 425 g/mol. The summed E-state index contributed by atoms with van der Waals surface area (Å²) in [6.45, 7) is 3.26. The summed E-state index contributed by atoms with van der Waals surface area (Å²) < 4.78 is 37.1. The highest BCUT2D eigenvalue weighted by Crippen LogP contribution is 2.37. The number of esters is 1. The van der Waals surface area contributed by atoms with E-state index in [1.165, 1.54) is 29.3 Å². The van der Waals surface area contributed by atoms with Crippen molar-refractivity contribution in [3.8, 4) is 0 Å². The molecule has 0 atom stereocenters. The third-order valence-corrected chi connectivity index (χ3v) is 7.65.